The van der Waals surface area contributed by atoms with Crippen LogP contribution in [0.25, 0.3) is 0 Å². The second-order valence-electron chi connectivity index (χ2n) is 4.61. The van der Waals surface area contributed by atoms with E-state index in [0.717, 1.165) is 19.4 Å². The van der Waals surface area contributed by atoms with Crippen molar-refractivity contribution in [3.63, 3.8) is 0 Å². The average molecular weight is 220 g/mol. The monoisotopic (exact) mass is 220 g/mol. The maximum absolute atomic E-state index is 9.05. The first kappa shape index (κ1) is 11.4. The lowest BCUT2D eigenvalue weighted by molar-refractivity contribution is 0.264. The molecule has 1 aromatic carbocycles. The van der Waals surface area contributed by atoms with Gasteiger partial charge in [-0.1, -0.05) is 18.2 Å². The molecule has 3 heteroatoms. The number of fused-ring (bicyclic) bond motifs is 1. The number of para-hydroxylation sites is 1. The van der Waals surface area contributed by atoms with Crippen LogP contribution in [0.15, 0.2) is 24.3 Å². The molecule has 3 N–H and O–H groups in total. The Labute approximate surface area is 96.9 Å². The molecule has 0 spiro atoms. The van der Waals surface area contributed by atoms with Crippen molar-refractivity contribution in [3.05, 3.63) is 29.8 Å². The third-order valence-electron chi connectivity index (χ3n) is 3.33. The van der Waals surface area contributed by atoms with E-state index in [9.17, 15) is 0 Å². The summed E-state index contributed by atoms with van der Waals surface area (Å²) < 4.78 is 0. The molecule has 0 amide bonds. The fourth-order valence-corrected chi connectivity index (χ4v) is 2.35. The van der Waals surface area contributed by atoms with E-state index in [-0.39, 0.29) is 12.6 Å². The van der Waals surface area contributed by atoms with Crippen LogP contribution in [0.5, 0.6) is 0 Å². The molecule has 2 rings (SSSR count). The van der Waals surface area contributed by atoms with Crippen LogP contribution < -0.4 is 10.6 Å². The predicted molar refractivity (Wildman–Crippen MR) is 66.6 cm³/mol. The lowest BCUT2D eigenvalue weighted by Gasteiger charge is -2.38. The number of benzene rings is 1. The second-order valence-corrected chi connectivity index (χ2v) is 4.61. The van der Waals surface area contributed by atoms with Gasteiger partial charge in [0.15, 0.2) is 0 Å². The number of rotatable bonds is 3. The van der Waals surface area contributed by atoms with Crippen molar-refractivity contribution in [2.45, 2.75) is 31.8 Å². The summed E-state index contributed by atoms with van der Waals surface area (Å²) in [6.07, 6.45) is 2.30. The van der Waals surface area contributed by atoms with Crippen molar-refractivity contribution in [2.75, 3.05) is 18.1 Å². The highest BCUT2D eigenvalue weighted by Crippen LogP contribution is 2.30. The lowest BCUT2D eigenvalue weighted by atomic mass is 9.96. The largest absolute Gasteiger partial charge is 0.395 e. The standard InChI is InChI=1S/C13H20N2O/c1-10-6-7-11-4-2-3-5-13(11)15(10)8-12(14)9-16/h2-5,10,12,16H,6-9,14H2,1H3. The minimum absolute atomic E-state index is 0.0470. The summed E-state index contributed by atoms with van der Waals surface area (Å²) >= 11 is 0. The van der Waals surface area contributed by atoms with Crippen molar-refractivity contribution in [3.8, 4) is 0 Å². The Hall–Kier alpha value is -1.06. The fraction of sp³-hybridized carbons (Fsp3) is 0.538. The van der Waals surface area contributed by atoms with E-state index >= 15 is 0 Å². The molecule has 2 atom stereocenters. The van der Waals surface area contributed by atoms with Crippen molar-refractivity contribution in [1.29, 1.82) is 0 Å². The molecule has 0 radical (unpaired) electrons. The number of anilines is 1. The van der Waals surface area contributed by atoms with Gasteiger partial charge in [0.2, 0.25) is 0 Å². The van der Waals surface area contributed by atoms with E-state index in [1.165, 1.54) is 11.3 Å². The van der Waals surface area contributed by atoms with E-state index in [1.807, 2.05) is 0 Å². The predicted octanol–water partition coefficient (Wildman–Crippen LogP) is 1.15. The highest BCUT2D eigenvalue weighted by atomic mass is 16.3. The molecule has 1 aliphatic heterocycles. The van der Waals surface area contributed by atoms with Crippen LogP contribution in [0.1, 0.15) is 18.9 Å². The van der Waals surface area contributed by atoms with Crippen molar-refractivity contribution >= 4 is 5.69 Å². The summed E-state index contributed by atoms with van der Waals surface area (Å²) in [6, 6.07) is 8.82. The zero-order chi connectivity index (χ0) is 11.5. The van der Waals surface area contributed by atoms with Crippen LogP contribution in [0, 0.1) is 0 Å². The molecule has 16 heavy (non-hydrogen) atoms. The fourth-order valence-electron chi connectivity index (χ4n) is 2.35. The summed E-state index contributed by atoms with van der Waals surface area (Å²) in [5.41, 5.74) is 8.51. The molecule has 0 fully saturated rings. The molecule has 88 valence electrons. The normalized spacial score (nSPS) is 21.7. The zero-order valence-electron chi connectivity index (χ0n) is 9.76. The molecule has 0 aliphatic carbocycles. The number of nitrogens with two attached hydrogens (primary N) is 1. The number of aliphatic hydroxyl groups is 1. The van der Waals surface area contributed by atoms with Gasteiger partial charge in [0.1, 0.15) is 0 Å². The summed E-state index contributed by atoms with van der Waals surface area (Å²) in [6.45, 7) is 3.00. The number of nitrogens with zero attached hydrogens (tertiary/aromatic N) is 1. The SMILES string of the molecule is CC1CCc2ccccc2N1CC(N)CO. The number of hydrogen-bond donors (Lipinski definition) is 2. The third-order valence-corrected chi connectivity index (χ3v) is 3.33. The van der Waals surface area contributed by atoms with Crippen molar-refractivity contribution < 1.29 is 5.11 Å². The second kappa shape index (κ2) is 4.85. The van der Waals surface area contributed by atoms with E-state index < -0.39 is 0 Å². The summed E-state index contributed by atoms with van der Waals surface area (Å²) in [7, 11) is 0. The molecular weight excluding hydrogens is 200 g/mol. The molecule has 1 aliphatic rings. The van der Waals surface area contributed by atoms with Crippen molar-refractivity contribution in [2.24, 2.45) is 5.73 Å². The molecule has 0 saturated carbocycles. The average Bonchev–Trinajstić information content (AvgIpc) is 2.32. The first-order chi connectivity index (χ1) is 7.72. The Morgan fingerprint density at radius 2 is 2.25 bits per heavy atom. The minimum Gasteiger partial charge on any atom is -0.395 e. The molecule has 0 bridgehead atoms. The highest BCUT2D eigenvalue weighted by molar-refractivity contribution is 5.56. The Kier molecular flexibility index (Phi) is 3.46. The number of hydrogen-bond acceptors (Lipinski definition) is 3. The van der Waals surface area contributed by atoms with Crippen LogP contribution >= 0.6 is 0 Å². The quantitative estimate of drug-likeness (QED) is 0.803. The zero-order valence-corrected chi connectivity index (χ0v) is 9.76. The topological polar surface area (TPSA) is 49.5 Å². The van der Waals surface area contributed by atoms with E-state index in [1.54, 1.807) is 0 Å². The number of aryl methyl sites for hydroxylation is 1. The van der Waals surface area contributed by atoms with Crippen LogP contribution in [0.3, 0.4) is 0 Å². The Balaban J connectivity index is 2.22. The van der Waals surface area contributed by atoms with Gasteiger partial charge in [-0.05, 0) is 31.4 Å². The van der Waals surface area contributed by atoms with Crippen LogP contribution in [0.2, 0.25) is 0 Å². The van der Waals surface area contributed by atoms with Gasteiger partial charge in [0.25, 0.3) is 0 Å². The van der Waals surface area contributed by atoms with Gasteiger partial charge in [-0.2, -0.15) is 0 Å². The Morgan fingerprint density at radius 1 is 1.50 bits per heavy atom. The molecule has 2 unspecified atom stereocenters. The summed E-state index contributed by atoms with van der Waals surface area (Å²) in [5.74, 6) is 0. The molecule has 0 saturated heterocycles. The third kappa shape index (κ3) is 2.20. The van der Waals surface area contributed by atoms with Crippen LogP contribution in [-0.2, 0) is 6.42 Å². The first-order valence-corrected chi connectivity index (χ1v) is 5.93. The van der Waals surface area contributed by atoms with Crippen LogP contribution in [0.4, 0.5) is 5.69 Å². The Bertz CT molecular complexity index is 354. The van der Waals surface area contributed by atoms with Gasteiger partial charge < -0.3 is 15.7 Å². The summed E-state index contributed by atoms with van der Waals surface area (Å²) in [4.78, 5) is 2.32. The maximum atomic E-state index is 9.05. The minimum atomic E-state index is -0.159. The molecule has 0 aromatic heterocycles. The van der Waals surface area contributed by atoms with Gasteiger partial charge in [-0.25, -0.2) is 0 Å². The Morgan fingerprint density at radius 3 is 3.00 bits per heavy atom. The van der Waals surface area contributed by atoms with E-state index in [2.05, 4.69) is 36.1 Å². The highest BCUT2D eigenvalue weighted by Gasteiger charge is 2.23. The lowest BCUT2D eigenvalue weighted by Crippen LogP contribution is -2.46. The van der Waals surface area contributed by atoms with E-state index in [0.29, 0.717) is 6.04 Å². The van der Waals surface area contributed by atoms with Gasteiger partial charge >= 0.3 is 0 Å². The van der Waals surface area contributed by atoms with Gasteiger partial charge in [0, 0.05) is 24.3 Å². The van der Waals surface area contributed by atoms with Gasteiger partial charge in [-0.15, -0.1) is 0 Å². The summed E-state index contributed by atoms with van der Waals surface area (Å²) in [5, 5.41) is 9.05. The van der Waals surface area contributed by atoms with E-state index in [4.69, 9.17) is 10.8 Å². The molecular formula is C13H20N2O. The smallest absolute Gasteiger partial charge is 0.0599 e. The van der Waals surface area contributed by atoms with Gasteiger partial charge in [0.05, 0.1) is 6.61 Å². The maximum Gasteiger partial charge on any atom is 0.0599 e. The van der Waals surface area contributed by atoms with Crippen LogP contribution in [-0.4, -0.2) is 30.3 Å². The molecule has 1 heterocycles. The molecule has 3 nitrogen and oxygen atoms in total. The van der Waals surface area contributed by atoms with Gasteiger partial charge in [-0.3, -0.25) is 0 Å². The molecule has 1 aromatic rings. The number of aliphatic hydroxyl groups excluding tert-OH is 1. The first-order valence-electron chi connectivity index (χ1n) is 5.93. The van der Waals surface area contributed by atoms with Crippen molar-refractivity contribution in [1.82, 2.24) is 0 Å².